The van der Waals surface area contributed by atoms with Crippen molar-refractivity contribution in [1.29, 1.82) is 0 Å². The molecule has 0 unspecified atom stereocenters. The fourth-order valence-corrected chi connectivity index (χ4v) is 1.85. The van der Waals surface area contributed by atoms with Crippen molar-refractivity contribution in [3.8, 4) is 0 Å². The summed E-state index contributed by atoms with van der Waals surface area (Å²) in [5, 5.41) is 3.15. The van der Waals surface area contributed by atoms with Crippen molar-refractivity contribution < 1.29 is 4.39 Å². The molecule has 96 valence electrons. The van der Waals surface area contributed by atoms with Crippen molar-refractivity contribution in [2.45, 2.75) is 25.7 Å². The van der Waals surface area contributed by atoms with E-state index in [0.717, 1.165) is 25.2 Å². The molecule has 0 fully saturated rings. The number of unbranched alkanes of at least 4 members (excludes halogenated alkanes) is 3. The van der Waals surface area contributed by atoms with E-state index in [2.05, 4.69) is 10.2 Å². The molecule has 0 aromatic heterocycles. The number of hydrogen-bond acceptors (Lipinski definition) is 2. The van der Waals surface area contributed by atoms with Crippen LogP contribution in [0.15, 0.2) is 24.3 Å². The Morgan fingerprint density at radius 1 is 1.18 bits per heavy atom. The Kier molecular flexibility index (Phi) is 6.63. The summed E-state index contributed by atoms with van der Waals surface area (Å²) >= 11 is 0. The molecular formula is C14H23FN2. The van der Waals surface area contributed by atoms with Crippen LogP contribution in [0, 0.1) is 5.82 Å². The van der Waals surface area contributed by atoms with Crippen LogP contribution in [0.4, 0.5) is 10.1 Å². The van der Waals surface area contributed by atoms with Gasteiger partial charge in [0, 0.05) is 19.3 Å². The van der Waals surface area contributed by atoms with Crippen LogP contribution < -0.4 is 10.2 Å². The topological polar surface area (TPSA) is 15.3 Å². The van der Waals surface area contributed by atoms with E-state index in [-0.39, 0.29) is 5.82 Å². The highest BCUT2D eigenvalue weighted by Crippen LogP contribution is 2.14. The van der Waals surface area contributed by atoms with Crippen molar-refractivity contribution in [3.05, 3.63) is 30.1 Å². The molecule has 0 aliphatic rings. The Balaban J connectivity index is 2.19. The van der Waals surface area contributed by atoms with Gasteiger partial charge in [0.25, 0.3) is 0 Å². The van der Waals surface area contributed by atoms with E-state index in [1.807, 2.05) is 20.2 Å². The normalized spacial score (nSPS) is 10.5. The largest absolute Gasteiger partial charge is 0.375 e. The Hall–Kier alpha value is -1.09. The first-order valence-corrected chi connectivity index (χ1v) is 6.35. The number of halogens is 1. The Morgan fingerprint density at radius 2 is 1.94 bits per heavy atom. The number of nitrogens with zero attached hydrogens (tertiary/aromatic N) is 1. The van der Waals surface area contributed by atoms with Gasteiger partial charge in [-0.15, -0.1) is 0 Å². The molecule has 0 radical (unpaired) electrons. The predicted molar refractivity (Wildman–Crippen MR) is 72.1 cm³/mol. The monoisotopic (exact) mass is 238 g/mol. The fraction of sp³-hybridized carbons (Fsp3) is 0.571. The van der Waals surface area contributed by atoms with Gasteiger partial charge in [0.2, 0.25) is 0 Å². The number of hydrogen-bond donors (Lipinski definition) is 1. The summed E-state index contributed by atoms with van der Waals surface area (Å²) in [4.78, 5) is 2.11. The van der Waals surface area contributed by atoms with E-state index in [1.54, 1.807) is 12.1 Å². The molecule has 1 aromatic rings. The van der Waals surface area contributed by atoms with Gasteiger partial charge in [0.15, 0.2) is 0 Å². The average Bonchev–Trinajstić information content (AvgIpc) is 2.33. The molecule has 0 aliphatic heterocycles. The zero-order valence-electron chi connectivity index (χ0n) is 10.9. The van der Waals surface area contributed by atoms with Gasteiger partial charge < -0.3 is 10.2 Å². The fourth-order valence-electron chi connectivity index (χ4n) is 1.85. The minimum absolute atomic E-state index is 0.164. The SMILES string of the molecule is CNCCCCCCN(C)c1cccc(F)c1. The van der Waals surface area contributed by atoms with Crippen LogP contribution in [0.5, 0.6) is 0 Å². The lowest BCUT2D eigenvalue weighted by Crippen LogP contribution is -2.18. The molecule has 0 saturated carbocycles. The number of anilines is 1. The maximum Gasteiger partial charge on any atom is 0.125 e. The Bertz CT molecular complexity index is 315. The van der Waals surface area contributed by atoms with Crippen LogP contribution in [-0.4, -0.2) is 27.2 Å². The van der Waals surface area contributed by atoms with Crippen molar-refractivity contribution in [3.63, 3.8) is 0 Å². The Morgan fingerprint density at radius 3 is 2.65 bits per heavy atom. The third-order valence-corrected chi connectivity index (χ3v) is 2.92. The molecule has 0 aliphatic carbocycles. The van der Waals surface area contributed by atoms with Gasteiger partial charge in [0.05, 0.1) is 0 Å². The van der Waals surface area contributed by atoms with E-state index < -0.39 is 0 Å². The van der Waals surface area contributed by atoms with E-state index in [4.69, 9.17) is 0 Å². The molecule has 0 atom stereocenters. The first-order valence-electron chi connectivity index (χ1n) is 6.35. The van der Waals surface area contributed by atoms with E-state index in [9.17, 15) is 4.39 Å². The molecular weight excluding hydrogens is 215 g/mol. The highest BCUT2D eigenvalue weighted by Gasteiger charge is 2.01. The molecule has 3 heteroatoms. The summed E-state index contributed by atoms with van der Waals surface area (Å²) in [5.41, 5.74) is 0.959. The predicted octanol–water partition coefficient (Wildman–Crippen LogP) is 3.04. The standard InChI is InChI=1S/C14H23FN2/c1-16-10-5-3-4-6-11-17(2)14-9-7-8-13(15)12-14/h7-9,12,16H,3-6,10-11H2,1-2H3. The van der Waals surface area contributed by atoms with Crippen LogP contribution in [0.3, 0.4) is 0 Å². The summed E-state index contributed by atoms with van der Waals surface area (Å²) in [5.74, 6) is -0.164. The highest BCUT2D eigenvalue weighted by molar-refractivity contribution is 5.45. The third-order valence-electron chi connectivity index (χ3n) is 2.92. The minimum atomic E-state index is -0.164. The minimum Gasteiger partial charge on any atom is -0.375 e. The van der Waals surface area contributed by atoms with E-state index in [1.165, 1.54) is 25.3 Å². The molecule has 2 nitrogen and oxygen atoms in total. The van der Waals surface area contributed by atoms with Gasteiger partial charge >= 0.3 is 0 Å². The quantitative estimate of drug-likeness (QED) is 0.700. The molecule has 0 spiro atoms. The molecule has 0 bridgehead atoms. The second kappa shape index (κ2) is 8.07. The summed E-state index contributed by atoms with van der Waals surface area (Å²) in [6, 6.07) is 6.77. The first kappa shape index (κ1) is 14.0. The van der Waals surface area contributed by atoms with Gasteiger partial charge in [-0.3, -0.25) is 0 Å². The Labute approximate surface area is 104 Å². The molecule has 1 rings (SSSR count). The lowest BCUT2D eigenvalue weighted by atomic mass is 10.2. The summed E-state index contributed by atoms with van der Waals surface area (Å²) in [7, 11) is 4.00. The lowest BCUT2D eigenvalue weighted by molar-refractivity contribution is 0.612. The van der Waals surface area contributed by atoms with Crippen LogP contribution >= 0.6 is 0 Å². The van der Waals surface area contributed by atoms with Crippen LogP contribution in [0.25, 0.3) is 0 Å². The van der Waals surface area contributed by atoms with Gasteiger partial charge in [0.1, 0.15) is 5.82 Å². The van der Waals surface area contributed by atoms with Gasteiger partial charge in [-0.1, -0.05) is 18.9 Å². The molecule has 0 saturated heterocycles. The summed E-state index contributed by atoms with van der Waals surface area (Å²) < 4.78 is 13.0. The number of benzene rings is 1. The van der Waals surface area contributed by atoms with Gasteiger partial charge in [-0.05, 0) is 44.6 Å². The molecule has 0 heterocycles. The van der Waals surface area contributed by atoms with Crippen LogP contribution in [0.2, 0.25) is 0 Å². The van der Waals surface area contributed by atoms with Crippen molar-refractivity contribution in [2.75, 3.05) is 32.1 Å². The van der Waals surface area contributed by atoms with E-state index in [0.29, 0.717) is 0 Å². The maximum atomic E-state index is 13.0. The summed E-state index contributed by atoms with van der Waals surface area (Å²) in [6.07, 6.45) is 4.90. The highest BCUT2D eigenvalue weighted by atomic mass is 19.1. The van der Waals surface area contributed by atoms with E-state index >= 15 is 0 Å². The number of nitrogens with one attached hydrogen (secondary N) is 1. The molecule has 17 heavy (non-hydrogen) atoms. The summed E-state index contributed by atoms with van der Waals surface area (Å²) in [6.45, 7) is 2.09. The van der Waals surface area contributed by atoms with Crippen molar-refractivity contribution in [2.24, 2.45) is 0 Å². The van der Waals surface area contributed by atoms with Gasteiger partial charge in [-0.2, -0.15) is 0 Å². The van der Waals surface area contributed by atoms with Crippen LogP contribution in [0.1, 0.15) is 25.7 Å². The second-order valence-corrected chi connectivity index (χ2v) is 4.42. The zero-order valence-corrected chi connectivity index (χ0v) is 10.9. The first-order chi connectivity index (χ1) is 8.24. The van der Waals surface area contributed by atoms with Crippen LogP contribution in [-0.2, 0) is 0 Å². The van der Waals surface area contributed by atoms with Gasteiger partial charge in [-0.25, -0.2) is 4.39 Å². The van der Waals surface area contributed by atoms with Crippen molar-refractivity contribution >= 4 is 5.69 Å². The molecule has 0 amide bonds. The molecule has 1 aromatic carbocycles. The number of rotatable bonds is 8. The third kappa shape index (κ3) is 5.68. The lowest BCUT2D eigenvalue weighted by Gasteiger charge is -2.19. The zero-order chi connectivity index (χ0) is 12.5. The van der Waals surface area contributed by atoms with Crippen molar-refractivity contribution in [1.82, 2.24) is 5.32 Å². The second-order valence-electron chi connectivity index (χ2n) is 4.42. The average molecular weight is 238 g/mol. The maximum absolute atomic E-state index is 13.0. The smallest absolute Gasteiger partial charge is 0.125 e. The molecule has 1 N–H and O–H groups in total.